The molecule has 0 fully saturated rings. The maximum atomic E-state index is 13.5. The number of nitrogens with zero attached hydrogens (tertiary/aromatic N) is 1. The smallest absolute Gasteiger partial charge is 0.261 e. The number of likely N-dealkylation sites (N-methyl/N-ethyl adjacent to an activating group) is 1. The maximum Gasteiger partial charge on any atom is 0.261 e. The molecule has 5 nitrogen and oxygen atoms in total. The van der Waals surface area contributed by atoms with E-state index in [1.165, 1.54) is 10.5 Å². The van der Waals surface area contributed by atoms with E-state index in [1.54, 1.807) is 25.2 Å². The number of benzene rings is 3. The minimum Gasteiger partial charge on any atom is -0.484 e. The number of halogens is 2. The monoisotopic (exact) mass is 526 g/mol. The molecular weight excluding hydrogens is 495 g/mol. The van der Waals surface area contributed by atoms with Crippen molar-refractivity contribution in [2.45, 2.75) is 45.2 Å². The minimum atomic E-state index is -0.744. The third-order valence-electron chi connectivity index (χ3n) is 5.94. The highest BCUT2D eigenvalue weighted by molar-refractivity contribution is 6.42. The molecule has 36 heavy (non-hydrogen) atoms. The molecule has 2 amide bonds. The first-order chi connectivity index (χ1) is 17.1. The number of carbonyl (C=O) groups is 2. The number of hydrogen-bond donors (Lipinski definition) is 1. The van der Waals surface area contributed by atoms with Gasteiger partial charge in [-0.2, -0.15) is 0 Å². The first kappa shape index (κ1) is 27.6. The van der Waals surface area contributed by atoms with E-state index >= 15 is 0 Å². The Morgan fingerprint density at radius 1 is 0.917 bits per heavy atom. The SMILES string of the molecule is CNC(=O)[C@@H](Cc1ccccc1)N(Cc1ccc(Cl)c(Cl)c1)C(=O)COc1ccc(C(C)(C)C)cc1. The molecule has 0 aliphatic carbocycles. The van der Waals surface area contributed by atoms with Gasteiger partial charge in [0.2, 0.25) is 5.91 Å². The molecule has 0 aromatic heterocycles. The third kappa shape index (κ3) is 7.49. The van der Waals surface area contributed by atoms with Crippen molar-refractivity contribution < 1.29 is 14.3 Å². The highest BCUT2D eigenvalue weighted by Gasteiger charge is 2.30. The Bertz CT molecular complexity index is 1180. The van der Waals surface area contributed by atoms with Crippen LogP contribution in [0.25, 0.3) is 0 Å². The Labute approximate surface area is 223 Å². The highest BCUT2D eigenvalue weighted by Crippen LogP contribution is 2.26. The summed E-state index contributed by atoms with van der Waals surface area (Å²) in [6.07, 6.45) is 0.355. The van der Waals surface area contributed by atoms with E-state index in [0.717, 1.165) is 11.1 Å². The van der Waals surface area contributed by atoms with Crippen molar-refractivity contribution in [1.29, 1.82) is 0 Å². The molecule has 1 N–H and O–H groups in total. The predicted octanol–water partition coefficient (Wildman–Crippen LogP) is 6.06. The van der Waals surface area contributed by atoms with Crippen molar-refractivity contribution in [1.82, 2.24) is 10.2 Å². The van der Waals surface area contributed by atoms with Gasteiger partial charge in [-0.3, -0.25) is 9.59 Å². The standard InChI is InChI=1S/C29H32Cl2N2O3/c1-29(2,3)22-11-13-23(14-12-22)36-19-27(34)33(18-21-10-15-24(30)25(31)16-21)26(28(35)32-4)17-20-8-6-5-7-9-20/h5-16,26H,17-19H2,1-4H3,(H,32,35)/t26-/m1/s1. The summed E-state index contributed by atoms with van der Waals surface area (Å²) in [6, 6.07) is 21.8. The van der Waals surface area contributed by atoms with Crippen molar-refractivity contribution in [2.75, 3.05) is 13.7 Å². The largest absolute Gasteiger partial charge is 0.484 e. The Morgan fingerprint density at radius 3 is 2.17 bits per heavy atom. The van der Waals surface area contributed by atoms with Crippen LogP contribution in [0.15, 0.2) is 72.8 Å². The molecule has 190 valence electrons. The van der Waals surface area contributed by atoms with Gasteiger partial charge in [-0.05, 0) is 46.4 Å². The Balaban J connectivity index is 1.86. The molecule has 1 atom stereocenters. The number of nitrogens with one attached hydrogen (secondary N) is 1. The quantitative estimate of drug-likeness (QED) is 0.368. The third-order valence-corrected chi connectivity index (χ3v) is 6.68. The Morgan fingerprint density at radius 2 is 1.58 bits per heavy atom. The van der Waals surface area contributed by atoms with Crippen molar-refractivity contribution in [3.63, 3.8) is 0 Å². The Hall–Kier alpha value is -3.02. The predicted molar refractivity (Wildman–Crippen MR) is 146 cm³/mol. The van der Waals surface area contributed by atoms with Crippen molar-refractivity contribution in [3.8, 4) is 5.75 Å². The lowest BCUT2D eigenvalue weighted by Gasteiger charge is -2.31. The van der Waals surface area contributed by atoms with Crippen LogP contribution in [0, 0.1) is 0 Å². The normalized spacial score (nSPS) is 12.1. The van der Waals surface area contributed by atoms with Gasteiger partial charge in [-0.15, -0.1) is 0 Å². The van der Waals surface area contributed by atoms with Gasteiger partial charge in [0.25, 0.3) is 5.91 Å². The van der Waals surface area contributed by atoms with E-state index in [0.29, 0.717) is 22.2 Å². The van der Waals surface area contributed by atoms with Gasteiger partial charge in [0.15, 0.2) is 6.61 Å². The van der Waals surface area contributed by atoms with Gasteiger partial charge in [-0.25, -0.2) is 0 Å². The fourth-order valence-electron chi connectivity index (χ4n) is 3.83. The Kier molecular flexibility index (Phi) is 9.41. The second-order valence-electron chi connectivity index (χ2n) is 9.65. The molecule has 0 radical (unpaired) electrons. The zero-order valence-corrected chi connectivity index (χ0v) is 22.6. The lowest BCUT2D eigenvalue weighted by Crippen LogP contribution is -2.51. The number of amides is 2. The molecule has 0 heterocycles. The van der Waals surface area contributed by atoms with E-state index in [-0.39, 0.29) is 30.4 Å². The second-order valence-corrected chi connectivity index (χ2v) is 10.5. The number of hydrogen-bond acceptors (Lipinski definition) is 3. The van der Waals surface area contributed by atoms with Gasteiger partial charge < -0.3 is 15.0 Å². The lowest BCUT2D eigenvalue weighted by atomic mass is 9.87. The summed E-state index contributed by atoms with van der Waals surface area (Å²) in [7, 11) is 1.56. The van der Waals surface area contributed by atoms with Gasteiger partial charge in [0, 0.05) is 20.0 Å². The highest BCUT2D eigenvalue weighted by atomic mass is 35.5. The van der Waals surface area contributed by atoms with Crippen LogP contribution in [0.3, 0.4) is 0 Å². The molecule has 0 unspecified atom stereocenters. The molecule has 0 aliphatic rings. The molecule has 0 saturated carbocycles. The van der Waals surface area contributed by atoms with Crippen LogP contribution in [0.5, 0.6) is 5.75 Å². The summed E-state index contributed by atoms with van der Waals surface area (Å²) < 4.78 is 5.84. The zero-order valence-electron chi connectivity index (χ0n) is 21.1. The molecule has 7 heteroatoms. The van der Waals surface area contributed by atoms with Crippen molar-refractivity contribution in [2.24, 2.45) is 0 Å². The van der Waals surface area contributed by atoms with Crippen LogP contribution in [0.4, 0.5) is 0 Å². The minimum absolute atomic E-state index is 0.0170. The average Bonchev–Trinajstić information content (AvgIpc) is 2.86. The average molecular weight is 527 g/mol. The van der Waals surface area contributed by atoms with Crippen LogP contribution in [0.1, 0.15) is 37.5 Å². The lowest BCUT2D eigenvalue weighted by molar-refractivity contribution is -0.142. The summed E-state index contributed by atoms with van der Waals surface area (Å²) >= 11 is 12.3. The summed E-state index contributed by atoms with van der Waals surface area (Å²) in [5, 5.41) is 3.51. The molecule has 3 rings (SSSR count). The van der Waals surface area contributed by atoms with Gasteiger partial charge >= 0.3 is 0 Å². The molecule has 0 spiro atoms. The first-order valence-electron chi connectivity index (χ1n) is 11.8. The van der Waals surface area contributed by atoms with Gasteiger partial charge in [0.05, 0.1) is 10.0 Å². The molecular formula is C29H32Cl2N2O3. The number of ether oxygens (including phenoxy) is 1. The van der Waals surface area contributed by atoms with E-state index in [9.17, 15) is 9.59 Å². The van der Waals surface area contributed by atoms with Crippen LogP contribution in [-0.4, -0.2) is 36.4 Å². The summed E-state index contributed by atoms with van der Waals surface area (Å²) in [4.78, 5) is 28.0. The molecule has 0 bridgehead atoms. The fourth-order valence-corrected chi connectivity index (χ4v) is 4.16. The second kappa shape index (κ2) is 12.3. The summed E-state index contributed by atoms with van der Waals surface area (Å²) in [6.45, 7) is 6.38. The molecule has 3 aromatic rings. The van der Waals surface area contributed by atoms with Crippen molar-refractivity contribution in [3.05, 3.63) is 99.5 Å². The van der Waals surface area contributed by atoms with E-state index in [4.69, 9.17) is 27.9 Å². The van der Waals surface area contributed by atoms with Crippen LogP contribution in [-0.2, 0) is 28.0 Å². The van der Waals surface area contributed by atoms with Gasteiger partial charge in [0.1, 0.15) is 11.8 Å². The van der Waals surface area contributed by atoms with E-state index in [1.807, 2.05) is 54.6 Å². The summed E-state index contributed by atoms with van der Waals surface area (Å²) in [5.41, 5.74) is 2.89. The first-order valence-corrected chi connectivity index (χ1v) is 12.6. The van der Waals surface area contributed by atoms with Crippen molar-refractivity contribution >= 4 is 35.0 Å². The van der Waals surface area contributed by atoms with Crippen LogP contribution in [0.2, 0.25) is 10.0 Å². The molecule has 0 aliphatic heterocycles. The van der Waals surface area contributed by atoms with E-state index < -0.39 is 6.04 Å². The molecule has 0 saturated heterocycles. The summed E-state index contributed by atoms with van der Waals surface area (Å²) in [5.74, 6) is 0.0117. The van der Waals surface area contributed by atoms with Gasteiger partial charge in [-0.1, -0.05) is 92.5 Å². The number of carbonyl (C=O) groups excluding carboxylic acids is 2. The molecule has 3 aromatic carbocycles. The zero-order chi connectivity index (χ0) is 26.3. The fraction of sp³-hybridized carbons (Fsp3) is 0.310. The van der Waals surface area contributed by atoms with E-state index in [2.05, 4.69) is 26.1 Å². The van der Waals surface area contributed by atoms with Crippen LogP contribution >= 0.6 is 23.2 Å². The number of rotatable bonds is 9. The topological polar surface area (TPSA) is 58.6 Å². The maximum absolute atomic E-state index is 13.5. The van der Waals surface area contributed by atoms with Crippen LogP contribution < -0.4 is 10.1 Å².